The van der Waals surface area contributed by atoms with E-state index >= 15 is 0 Å². The number of hydrogen-bond donors (Lipinski definition) is 1. The molecular formula is C11H13ClF3N. The first-order valence-corrected chi connectivity index (χ1v) is 5.35. The molecule has 90 valence electrons. The molecule has 0 heterocycles. The first-order chi connectivity index (χ1) is 7.40. The van der Waals surface area contributed by atoms with Crippen LogP contribution >= 0.6 is 11.6 Å². The fourth-order valence-electron chi connectivity index (χ4n) is 1.45. The van der Waals surface area contributed by atoms with Gasteiger partial charge in [-0.1, -0.05) is 29.8 Å². The molecule has 1 aromatic carbocycles. The van der Waals surface area contributed by atoms with Crippen molar-refractivity contribution in [2.45, 2.75) is 31.5 Å². The maximum Gasteiger partial charge on any atom is 0.389 e. The zero-order chi connectivity index (χ0) is 12.2. The summed E-state index contributed by atoms with van der Waals surface area (Å²) in [4.78, 5) is 0. The fraction of sp³-hybridized carbons (Fsp3) is 0.455. The van der Waals surface area contributed by atoms with Crippen molar-refractivity contribution in [1.82, 2.24) is 0 Å². The highest BCUT2D eigenvalue weighted by Gasteiger charge is 2.26. The Morgan fingerprint density at radius 1 is 1.25 bits per heavy atom. The van der Waals surface area contributed by atoms with Crippen molar-refractivity contribution >= 4 is 11.6 Å². The van der Waals surface area contributed by atoms with Gasteiger partial charge in [0.05, 0.1) is 0 Å². The largest absolute Gasteiger partial charge is 0.389 e. The second-order valence-electron chi connectivity index (χ2n) is 3.64. The fourth-order valence-corrected chi connectivity index (χ4v) is 1.73. The topological polar surface area (TPSA) is 26.0 Å². The molecule has 0 aliphatic rings. The molecule has 1 atom stereocenters. The molecule has 0 fully saturated rings. The second-order valence-corrected chi connectivity index (χ2v) is 4.04. The third-order valence-corrected chi connectivity index (χ3v) is 2.62. The Bertz CT molecular complexity index is 338. The minimum absolute atomic E-state index is 0.0237. The highest BCUT2D eigenvalue weighted by atomic mass is 35.5. The smallest absolute Gasteiger partial charge is 0.324 e. The van der Waals surface area contributed by atoms with Gasteiger partial charge in [0.15, 0.2) is 0 Å². The van der Waals surface area contributed by atoms with Crippen molar-refractivity contribution in [3.05, 3.63) is 34.9 Å². The molecule has 1 nitrogen and oxygen atoms in total. The maximum atomic E-state index is 11.9. The molecule has 1 aromatic rings. The zero-order valence-corrected chi connectivity index (χ0v) is 9.35. The Morgan fingerprint density at radius 2 is 1.88 bits per heavy atom. The highest BCUT2D eigenvalue weighted by Crippen LogP contribution is 2.27. The lowest BCUT2D eigenvalue weighted by Crippen LogP contribution is -2.13. The summed E-state index contributed by atoms with van der Waals surface area (Å²) in [6, 6.07) is 6.51. The number of rotatable bonds is 4. The molecule has 0 aliphatic heterocycles. The van der Waals surface area contributed by atoms with E-state index in [1.54, 1.807) is 24.3 Å². The molecule has 16 heavy (non-hydrogen) atoms. The SMILES string of the molecule is NC(CCCC(F)(F)F)c1ccccc1Cl. The van der Waals surface area contributed by atoms with E-state index in [0.717, 1.165) is 0 Å². The molecule has 0 aliphatic carbocycles. The van der Waals surface area contributed by atoms with Gasteiger partial charge in [-0.25, -0.2) is 0 Å². The van der Waals surface area contributed by atoms with Crippen molar-refractivity contribution < 1.29 is 13.2 Å². The quantitative estimate of drug-likeness (QED) is 0.858. The Balaban J connectivity index is 2.47. The lowest BCUT2D eigenvalue weighted by molar-refractivity contribution is -0.135. The minimum Gasteiger partial charge on any atom is -0.324 e. The van der Waals surface area contributed by atoms with E-state index < -0.39 is 18.6 Å². The summed E-state index contributed by atoms with van der Waals surface area (Å²) in [5, 5.41) is 0.502. The van der Waals surface area contributed by atoms with E-state index in [1.165, 1.54) is 0 Å². The monoisotopic (exact) mass is 251 g/mol. The summed E-state index contributed by atoms with van der Waals surface area (Å²) in [5.74, 6) is 0. The van der Waals surface area contributed by atoms with Crippen LogP contribution in [0.25, 0.3) is 0 Å². The van der Waals surface area contributed by atoms with Gasteiger partial charge in [0.2, 0.25) is 0 Å². The van der Waals surface area contributed by atoms with Crippen molar-refractivity contribution in [2.75, 3.05) is 0 Å². The standard InChI is InChI=1S/C11H13ClF3N/c12-9-5-2-1-4-8(9)10(16)6-3-7-11(13,14)15/h1-2,4-5,10H,3,6-7,16H2. The highest BCUT2D eigenvalue weighted by molar-refractivity contribution is 6.31. The van der Waals surface area contributed by atoms with Crippen molar-refractivity contribution in [1.29, 1.82) is 0 Å². The first kappa shape index (κ1) is 13.3. The number of alkyl halides is 3. The van der Waals surface area contributed by atoms with Crippen molar-refractivity contribution in [2.24, 2.45) is 5.73 Å². The molecule has 1 unspecified atom stereocenters. The van der Waals surface area contributed by atoms with Crippen LogP contribution in [0.5, 0.6) is 0 Å². The summed E-state index contributed by atoms with van der Waals surface area (Å²) < 4.78 is 35.8. The summed E-state index contributed by atoms with van der Waals surface area (Å²) in [6.45, 7) is 0. The van der Waals surface area contributed by atoms with Crippen LogP contribution in [0.15, 0.2) is 24.3 Å². The van der Waals surface area contributed by atoms with Crippen LogP contribution in [0, 0.1) is 0 Å². The minimum atomic E-state index is -4.11. The van der Waals surface area contributed by atoms with Gasteiger partial charge in [-0.15, -0.1) is 0 Å². The first-order valence-electron chi connectivity index (χ1n) is 4.97. The van der Waals surface area contributed by atoms with Gasteiger partial charge in [0, 0.05) is 17.5 Å². The van der Waals surface area contributed by atoms with E-state index in [4.69, 9.17) is 17.3 Å². The Hall–Kier alpha value is -0.740. The normalized spacial score (nSPS) is 13.8. The number of hydrogen-bond acceptors (Lipinski definition) is 1. The third kappa shape index (κ3) is 4.41. The predicted octanol–water partition coefficient (Wildman–Crippen LogP) is 4.07. The third-order valence-electron chi connectivity index (χ3n) is 2.28. The van der Waals surface area contributed by atoms with Crippen LogP contribution in [-0.4, -0.2) is 6.18 Å². The lowest BCUT2D eigenvalue weighted by atomic mass is 10.0. The van der Waals surface area contributed by atoms with Crippen LogP contribution in [0.3, 0.4) is 0 Å². The Labute approximate surface area is 97.4 Å². The average molecular weight is 252 g/mol. The molecule has 0 aromatic heterocycles. The lowest BCUT2D eigenvalue weighted by Gasteiger charge is -2.14. The van der Waals surface area contributed by atoms with Crippen LogP contribution < -0.4 is 5.73 Å². The maximum absolute atomic E-state index is 11.9. The van der Waals surface area contributed by atoms with E-state index in [9.17, 15) is 13.2 Å². The molecule has 0 amide bonds. The van der Waals surface area contributed by atoms with Gasteiger partial charge in [-0.05, 0) is 24.5 Å². The van der Waals surface area contributed by atoms with E-state index in [0.29, 0.717) is 10.6 Å². The van der Waals surface area contributed by atoms with E-state index in [1.807, 2.05) is 0 Å². The summed E-state index contributed by atoms with van der Waals surface area (Å²) in [5.41, 5.74) is 6.47. The van der Waals surface area contributed by atoms with Crippen LogP contribution in [-0.2, 0) is 0 Å². The van der Waals surface area contributed by atoms with E-state index in [2.05, 4.69) is 0 Å². The van der Waals surface area contributed by atoms with Gasteiger partial charge in [0.1, 0.15) is 0 Å². The summed E-state index contributed by atoms with van der Waals surface area (Å²) >= 11 is 5.89. The molecule has 0 saturated heterocycles. The molecule has 5 heteroatoms. The second kappa shape index (κ2) is 5.55. The Morgan fingerprint density at radius 3 is 2.44 bits per heavy atom. The van der Waals surface area contributed by atoms with Gasteiger partial charge < -0.3 is 5.73 Å². The van der Waals surface area contributed by atoms with Gasteiger partial charge in [-0.2, -0.15) is 13.2 Å². The predicted molar refractivity (Wildman–Crippen MR) is 58.3 cm³/mol. The van der Waals surface area contributed by atoms with Crippen molar-refractivity contribution in [3.63, 3.8) is 0 Å². The number of halogens is 4. The molecule has 0 bridgehead atoms. The van der Waals surface area contributed by atoms with Gasteiger partial charge >= 0.3 is 6.18 Å². The van der Waals surface area contributed by atoms with Gasteiger partial charge in [0.25, 0.3) is 0 Å². The molecule has 1 rings (SSSR count). The number of nitrogens with two attached hydrogens (primary N) is 1. The Kier molecular flexibility index (Phi) is 4.62. The van der Waals surface area contributed by atoms with Crippen LogP contribution in [0.2, 0.25) is 5.02 Å². The summed E-state index contributed by atoms with van der Waals surface area (Å²) in [6.07, 6.45) is -4.61. The van der Waals surface area contributed by atoms with E-state index in [-0.39, 0.29) is 12.8 Å². The average Bonchev–Trinajstić information content (AvgIpc) is 2.16. The van der Waals surface area contributed by atoms with Crippen LogP contribution in [0.1, 0.15) is 30.9 Å². The van der Waals surface area contributed by atoms with Gasteiger partial charge in [-0.3, -0.25) is 0 Å². The molecule has 0 spiro atoms. The number of benzene rings is 1. The molecule has 0 saturated carbocycles. The molecular weight excluding hydrogens is 239 g/mol. The zero-order valence-electron chi connectivity index (χ0n) is 8.60. The summed E-state index contributed by atoms with van der Waals surface area (Å²) in [7, 11) is 0. The van der Waals surface area contributed by atoms with Crippen molar-refractivity contribution in [3.8, 4) is 0 Å². The molecule has 2 N–H and O–H groups in total. The molecule has 0 radical (unpaired) electrons. The van der Waals surface area contributed by atoms with Crippen LogP contribution in [0.4, 0.5) is 13.2 Å².